The van der Waals surface area contributed by atoms with Gasteiger partial charge in [-0.25, -0.2) is 0 Å². The van der Waals surface area contributed by atoms with E-state index < -0.39 is 0 Å². The summed E-state index contributed by atoms with van der Waals surface area (Å²) in [4.78, 5) is 4.26. The van der Waals surface area contributed by atoms with Gasteiger partial charge in [-0.05, 0) is 25.1 Å². The lowest BCUT2D eigenvalue weighted by molar-refractivity contribution is 0.609. The first-order valence-electron chi connectivity index (χ1n) is 4.97. The van der Waals surface area contributed by atoms with E-state index in [1.54, 1.807) is 6.20 Å². The van der Waals surface area contributed by atoms with Crippen molar-refractivity contribution >= 4 is 0 Å². The van der Waals surface area contributed by atoms with Crippen molar-refractivity contribution in [3.63, 3.8) is 0 Å². The third kappa shape index (κ3) is 2.05. The molecule has 0 radical (unpaired) electrons. The molecule has 2 aromatic heterocycles. The normalized spacial score (nSPS) is 10.5. The summed E-state index contributed by atoms with van der Waals surface area (Å²) in [6, 6.07) is 7.83. The summed E-state index contributed by atoms with van der Waals surface area (Å²) >= 11 is 0. The number of aryl methyl sites for hydroxylation is 1. The van der Waals surface area contributed by atoms with Crippen LogP contribution in [-0.2, 0) is 6.54 Å². The van der Waals surface area contributed by atoms with Crippen molar-refractivity contribution in [2.45, 2.75) is 13.5 Å². The van der Waals surface area contributed by atoms with Crippen molar-refractivity contribution in [2.24, 2.45) is 5.73 Å². The largest absolute Gasteiger partial charge is 0.329 e. The van der Waals surface area contributed by atoms with Crippen molar-refractivity contribution in [3.8, 4) is 11.4 Å². The number of nitrogens with two attached hydrogens (primary N) is 1. The molecule has 0 bridgehead atoms. The predicted molar refractivity (Wildman–Crippen MR) is 59.2 cm³/mol. The fourth-order valence-electron chi connectivity index (χ4n) is 1.50. The van der Waals surface area contributed by atoms with Gasteiger partial charge in [-0.15, -0.1) is 0 Å². The Hall–Kier alpha value is -1.68. The van der Waals surface area contributed by atoms with Gasteiger partial charge in [0.1, 0.15) is 5.69 Å². The predicted octanol–water partition coefficient (Wildman–Crippen LogP) is 1.21. The fraction of sp³-hybridized carbons (Fsp3) is 0.273. The lowest BCUT2D eigenvalue weighted by Crippen LogP contribution is -2.12. The Kier molecular flexibility index (Phi) is 2.78. The Bertz CT molecular complexity index is 433. The van der Waals surface area contributed by atoms with E-state index in [4.69, 9.17) is 5.73 Å². The topological polar surface area (TPSA) is 56.7 Å². The summed E-state index contributed by atoms with van der Waals surface area (Å²) in [6.07, 6.45) is 1.77. The van der Waals surface area contributed by atoms with Crippen LogP contribution in [0, 0.1) is 6.92 Å². The van der Waals surface area contributed by atoms with Crippen LogP contribution < -0.4 is 5.73 Å². The zero-order valence-electron chi connectivity index (χ0n) is 8.72. The van der Waals surface area contributed by atoms with Gasteiger partial charge in [-0.3, -0.25) is 9.67 Å². The minimum absolute atomic E-state index is 0.601. The van der Waals surface area contributed by atoms with Crippen LogP contribution in [0.4, 0.5) is 0 Å². The number of nitrogens with zero attached hydrogens (tertiary/aromatic N) is 3. The summed E-state index contributed by atoms with van der Waals surface area (Å²) in [5.41, 5.74) is 8.42. The monoisotopic (exact) mass is 202 g/mol. The molecule has 0 saturated heterocycles. The van der Waals surface area contributed by atoms with E-state index >= 15 is 0 Å². The molecule has 2 heterocycles. The number of hydrogen-bond acceptors (Lipinski definition) is 3. The molecule has 0 fully saturated rings. The molecule has 0 aromatic carbocycles. The summed E-state index contributed by atoms with van der Waals surface area (Å²) < 4.78 is 1.91. The van der Waals surface area contributed by atoms with Crippen LogP contribution in [0.15, 0.2) is 30.5 Å². The molecule has 0 unspecified atom stereocenters. The molecule has 78 valence electrons. The van der Waals surface area contributed by atoms with Crippen LogP contribution in [0.2, 0.25) is 0 Å². The van der Waals surface area contributed by atoms with Gasteiger partial charge in [0.2, 0.25) is 0 Å². The minimum atomic E-state index is 0.601. The molecule has 15 heavy (non-hydrogen) atoms. The van der Waals surface area contributed by atoms with E-state index in [0.717, 1.165) is 23.6 Å². The van der Waals surface area contributed by atoms with Crippen LogP contribution in [0.25, 0.3) is 11.4 Å². The van der Waals surface area contributed by atoms with E-state index in [2.05, 4.69) is 10.1 Å². The number of hydrogen-bond donors (Lipinski definition) is 1. The molecule has 2 N–H and O–H groups in total. The molecule has 0 saturated carbocycles. The van der Waals surface area contributed by atoms with Crippen LogP contribution in [0.3, 0.4) is 0 Å². The maximum atomic E-state index is 5.50. The lowest BCUT2D eigenvalue weighted by atomic mass is 10.2. The van der Waals surface area contributed by atoms with Crippen LogP contribution in [0.1, 0.15) is 5.69 Å². The first-order chi connectivity index (χ1) is 7.31. The van der Waals surface area contributed by atoms with E-state index in [9.17, 15) is 0 Å². The summed E-state index contributed by atoms with van der Waals surface area (Å²) in [6.45, 7) is 3.37. The van der Waals surface area contributed by atoms with Crippen LogP contribution in [0.5, 0.6) is 0 Å². The third-order valence-electron chi connectivity index (χ3n) is 2.25. The molecule has 4 heteroatoms. The van der Waals surface area contributed by atoms with Gasteiger partial charge in [0.05, 0.1) is 12.2 Å². The van der Waals surface area contributed by atoms with E-state index in [0.29, 0.717) is 6.54 Å². The van der Waals surface area contributed by atoms with Gasteiger partial charge in [0.15, 0.2) is 0 Å². The fourth-order valence-corrected chi connectivity index (χ4v) is 1.50. The molecular formula is C11H14N4. The molecule has 0 aliphatic heterocycles. The smallest absolute Gasteiger partial charge is 0.111 e. The Morgan fingerprint density at radius 3 is 2.87 bits per heavy atom. The Morgan fingerprint density at radius 1 is 1.33 bits per heavy atom. The zero-order chi connectivity index (χ0) is 10.7. The highest BCUT2D eigenvalue weighted by molar-refractivity contribution is 5.53. The van der Waals surface area contributed by atoms with Gasteiger partial charge in [0, 0.05) is 18.4 Å². The number of pyridine rings is 1. The maximum absolute atomic E-state index is 5.50. The molecule has 0 aliphatic carbocycles. The minimum Gasteiger partial charge on any atom is -0.329 e. The van der Waals surface area contributed by atoms with Gasteiger partial charge < -0.3 is 5.73 Å². The molecule has 2 aromatic rings. The molecule has 4 nitrogen and oxygen atoms in total. The summed E-state index contributed by atoms with van der Waals surface area (Å²) in [5, 5.41) is 4.44. The van der Waals surface area contributed by atoms with Crippen molar-refractivity contribution in [2.75, 3.05) is 6.54 Å². The summed E-state index contributed by atoms with van der Waals surface area (Å²) in [7, 11) is 0. The molecular weight excluding hydrogens is 188 g/mol. The quantitative estimate of drug-likeness (QED) is 0.814. The number of aromatic nitrogens is 3. The Balaban J connectivity index is 2.34. The maximum Gasteiger partial charge on any atom is 0.111 e. The van der Waals surface area contributed by atoms with Crippen LogP contribution >= 0.6 is 0 Å². The third-order valence-corrected chi connectivity index (χ3v) is 2.25. The second-order valence-corrected chi connectivity index (χ2v) is 3.40. The van der Waals surface area contributed by atoms with Crippen molar-refractivity contribution < 1.29 is 0 Å². The van der Waals surface area contributed by atoms with Crippen LogP contribution in [-0.4, -0.2) is 21.3 Å². The van der Waals surface area contributed by atoms with Crippen molar-refractivity contribution in [1.82, 2.24) is 14.8 Å². The highest BCUT2D eigenvalue weighted by Crippen LogP contribution is 2.15. The molecule has 0 aliphatic rings. The average Bonchev–Trinajstić information content (AvgIpc) is 2.63. The standard InChI is InChI=1S/C11H14N4/c1-9-8-11(14-15(9)7-5-12)10-4-2-3-6-13-10/h2-4,6,8H,5,7,12H2,1H3. The SMILES string of the molecule is Cc1cc(-c2ccccn2)nn1CCN. The van der Waals surface area contributed by atoms with E-state index in [1.165, 1.54) is 0 Å². The molecule has 0 spiro atoms. The van der Waals surface area contributed by atoms with Crippen molar-refractivity contribution in [1.29, 1.82) is 0 Å². The highest BCUT2D eigenvalue weighted by Gasteiger charge is 2.05. The average molecular weight is 202 g/mol. The Morgan fingerprint density at radius 2 is 2.20 bits per heavy atom. The van der Waals surface area contributed by atoms with Gasteiger partial charge in [0.25, 0.3) is 0 Å². The first kappa shape index (κ1) is 9.86. The van der Waals surface area contributed by atoms with E-state index in [-0.39, 0.29) is 0 Å². The molecule has 2 rings (SSSR count). The lowest BCUT2D eigenvalue weighted by Gasteiger charge is -1.99. The van der Waals surface area contributed by atoms with Gasteiger partial charge in [-0.1, -0.05) is 6.07 Å². The van der Waals surface area contributed by atoms with Gasteiger partial charge >= 0.3 is 0 Å². The van der Waals surface area contributed by atoms with Crippen molar-refractivity contribution in [3.05, 3.63) is 36.2 Å². The number of rotatable bonds is 3. The Labute approximate surface area is 88.8 Å². The zero-order valence-corrected chi connectivity index (χ0v) is 8.72. The first-order valence-corrected chi connectivity index (χ1v) is 4.97. The molecule has 0 amide bonds. The molecule has 0 atom stereocenters. The summed E-state index contributed by atoms with van der Waals surface area (Å²) in [5.74, 6) is 0. The van der Waals surface area contributed by atoms with E-state index in [1.807, 2.05) is 35.9 Å². The van der Waals surface area contributed by atoms with Gasteiger partial charge in [-0.2, -0.15) is 5.10 Å². The highest BCUT2D eigenvalue weighted by atomic mass is 15.3. The second-order valence-electron chi connectivity index (χ2n) is 3.40. The second kappa shape index (κ2) is 4.23.